The van der Waals surface area contributed by atoms with E-state index in [0.29, 0.717) is 5.69 Å². The van der Waals surface area contributed by atoms with Crippen molar-refractivity contribution in [3.05, 3.63) is 58.9 Å². The third-order valence-electron chi connectivity index (χ3n) is 3.39. The number of nitrogens with zero attached hydrogens (tertiary/aromatic N) is 1. The number of ether oxygens (including phenoxy) is 2. The van der Waals surface area contributed by atoms with E-state index in [9.17, 15) is 14.0 Å². The molecule has 0 spiro atoms. The maximum Gasteiger partial charge on any atom is 0.350 e. The minimum absolute atomic E-state index is 0.195. The number of carbonyl (C=O) groups excluding carboxylic acids is 2. The van der Waals surface area contributed by atoms with Gasteiger partial charge in [0.15, 0.2) is 12.2 Å². The molecule has 2 aromatic carbocycles. The van der Waals surface area contributed by atoms with Crippen LogP contribution in [-0.2, 0) is 14.3 Å². The van der Waals surface area contributed by atoms with Crippen molar-refractivity contribution in [2.75, 3.05) is 11.9 Å². The van der Waals surface area contributed by atoms with Crippen molar-refractivity contribution in [3.63, 3.8) is 0 Å². The quantitative estimate of drug-likeness (QED) is 0.760. The summed E-state index contributed by atoms with van der Waals surface area (Å²) < 4.78 is 23.4. The summed E-state index contributed by atoms with van der Waals surface area (Å²) in [5, 5.41) is 11.5. The Hall–Kier alpha value is -3.11. The van der Waals surface area contributed by atoms with E-state index < -0.39 is 29.9 Å². The smallest absolute Gasteiger partial charge is 0.350 e. The standard InChI is InChI=1S/C19H16ClFN2O4/c1-19(2,27-15-7-4-13(21)5-8-15)18(25)26-11-17(24)23-14-6-3-12(10-22)16(20)9-14/h3-9H,11H2,1-2H3,(H,23,24). The first kappa shape index (κ1) is 20.2. The summed E-state index contributed by atoms with van der Waals surface area (Å²) in [6, 6.07) is 11.5. The number of esters is 1. The van der Waals surface area contributed by atoms with Crippen molar-refractivity contribution in [3.8, 4) is 11.8 Å². The van der Waals surface area contributed by atoms with Gasteiger partial charge in [-0.2, -0.15) is 5.26 Å². The lowest BCUT2D eigenvalue weighted by atomic mass is 10.1. The highest BCUT2D eigenvalue weighted by Gasteiger charge is 2.32. The number of amides is 1. The van der Waals surface area contributed by atoms with E-state index in [2.05, 4.69) is 5.32 Å². The Morgan fingerprint density at radius 1 is 1.22 bits per heavy atom. The lowest BCUT2D eigenvalue weighted by molar-refractivity contribution is -0.161. The molecule has 1 amide bonds. The van der Waals surface area contributed by atoms with Gasteiger partial charge in [-0.15, -0.1) is 0 Å². The van der Waals surface area contributed by atoms with Crippen LogP contribution in [0.2, 0.25) is 5.02 Å². The number of carbonyl (C=O) groups is 2. The van der Waals surface area contributed by atoms with Gasteiger partial charge < -0.3 is 14.8 Å². The van der Waals surface area contributed by atoms with Gasteiger partial charge in [-0.25, -0.2) is 9.18 Å². The molecule has 140 valence electrons. The van der Waals surface area contributed by atoms with Gasteiger partial charge in [-0.05, 0) is 56.3 Å². The van der Waals surface area contributed by atoms with Gasteiger partial charge in [-0.1, -0.05) is 11.6 Å². The number of hydrogen-bond acceptors (Lipinski definition) is 5. The lowest BCUT2D eigenvalue weighted by Crippen LogP contribution is -2.41. The molecule has 0 aliphatic carbocycles. The van der Waals surface area contributed by atoms with Crippen molar-refractivity contribution in [1.29, 1.82) is 5.26 Å². The number of halogens is 2. The Balaban J connectivity index is 1.89. The first-order valence-electron chi connectivity index (χ1n) is 7.82. The average molecular weight is 391 g/mol. The molecule has 2 aromatic rings. The van der Waals surface area contributed by atoms with Crippen molar-refractivity contribution in [1.82, 2.24) is 0 Å². The highest BCUT2D eigenvalue weighted by atomic mass is 35.5. The summed E-state index contributed by atoms with van der Waals surface area (Å²) in [7, 11) is 0. The molecule has 6 nitrogen and oxygen atoms in total. The monoisotopic (exact) mass is 390 g/mol. The minimum Gasteiger partial charge on any atom is -0.476 e. The van der Waals surface area contributed by atoms with Crippen LogP contribution < -0.4 is 10.1 Å². The zero-order valence-corrected chi connectivity index (χ0v) is 15.3. The molecule has 0 radical (unpaired) electrons. The van der Waals surface area contributed by atoms with Gasteiger partial charge >= 0.3 is 5.97 Å². The van der Waals surface area contributed by atoms with Crippen LogP contribution in [0.1, 0.15) is 19.4 Å². The fourth-order valence-electron chi connectivity index (χ4n) is 2.02. The van der Waals surface area contributed by atoms with Crippen LogP contribution in [0.15, 0.2) is 42.5 Å². The highest BCUT2D eigenvalue weighted by Crippen LogP contribution is 2.21. The highest BCUT2D eigenvalue weighted by molar-refractivity contribution is 6.32. The van der Waals surface area contributed by atoms with Crippen molar-refractivity contribution < 1.29 is 23.5 Å². The molecule has 0 saturated heterocycles. The van der Waals surface area contributed by atoms with Gasteiger partial charge in [0.2, 0.25) is 0 Å². The van der Waals surface area contributed by atoms with E-state index in [0.717, 1.165) is 0 Å². The molecule has 27 heavy (non-hydrogen) atoms. The molecular formula is C19H16ClFN2O4. The van der Waals surface area contributed by atoms with Crippen LogP contribution in [0.25, 0.3) is 0 Å². The largest absolute Gasteiger partial charge is 0.476 e. The minimum atomic E-state index is -1.38. The molecule has 0 heterocycles. The van der Waals surface area contributed by atoms with E-state index in [4.69, 9.17) is 26.3 Å². The molecular weight excluding hydrogens is 375 g/mol. The topological polar surface area (TPSA) is 88.4 Å². The summed E-state index contributed by atoms with van der Waals surface area (Å²) >= 11 is 5.89. The summed E-state index contributed by atoms with van der Waals surface area (Å²) in [5.74, 6) is -1.49. The normalized spacial score (nSPS) is 10.6. The molecule has 0 bridgehead atoms. The molecule has 0 saturated carbocycles. The molecule has 0 aliphatic rings. The second-order valence-corrected chi connectivity index (χ2v) is 6.40. The van der Waals surface area contributed by atoms with Gasteiger partial charge in [0.1, 0.15) is 17.6 Å². The fourth-order valence-corrected chi connectivity index (χ4v) is 2.25. The predicted octanol–water partition coefficient (Wildman–Crippen LogP) is 3.69. The molecule has 8 heteroatoms. The summed E-state index contributed by atoms with van der Waals surface area (Å²) in [6.07, 6.45) is 0. The second kappa shape index (κ2) is 8.52. The molecule has 0 aliphatic heterocycles. The number of benzene rings is 2. The number of nitriles is 1. The van der Waals surface area contributed by atoms with Crippen LogP contribution in [0.5, 0.6) is 5.75 Å². The zero-order chi connectivity index (χ0) is 20.0. The zero-order valence-electron chi connectivity index (χ0n) is 14.6. The third-order valence-corrected chi connectivity index (χ3v) is 3.70. The second-order valence-electron chi connectivity index (χ2n) is 6.00. The Morgan fingerprint density at radius 2 is 1.89 bits per heavy atom. The van der Waals surface area contributed by atoms with Crippen LogP contribution in [0.4, 0.5) is 10.1 Å². The van der Waals surface area contributed by atoms with E-state index in [1.54, 1.807) is 0 Å². The SMILES string of the molecule is CC(C)(Oc1ccc(F)cc1)C(=O)OCC(=O)Nc1ccc(C#N)c(Cl)c1. The Labute approximate surface area is 160 Å². The Morgan fingerprint density at radius 3 is 2.48 bits per heavy atom. The number of hydrogen-bond donors (Lipinski definition) is 1. The lowest BCUT2D eigenvalue weighted by Gasteiger charge is -2.24. The van der Waals surface area contributed by atoms with Gasteiger partial charge in [-0.3, -0.25) is 4.79 Å². The van der Waals surface area contributed by atoms with E-state index in [1.165, 1.54) is 56.3 Å². The van der Waals surface area contributed by atoms with Crippen LogP contribution in [-0.4, -0.2) is 24.1 Å². The third kappa shape index (κ3) is 5.69. The Kier molecular flexibility index (Phi) is 6.37. The Bertz CT molecular complexity index is 892. The number of anilines is 1. The maximum absolute atomic E-state index is 12.9. The fraction of sp³-hybridized carbons (Fsp3) is 0.211. The van der Waals surface area contributed by atoms with Crippen molar-refractivity contribution in [2.24, 2.45) is 0 Å². The molecule has 2 rings (SSSR count). The molecule has 0 atom stereocenters. The molecule has 0 aromatic heterocycles. The van der Waals surface area contributed by atoms with Crippen molar-refractivity contribution in [2.45, 2.75) is 19.4 Å². The van der Waals surface area contributed by atoms with E-state index in [-0.39, 0.29) is 16.3 Å². The van der Waals surface area contributed by atoms with E-state index in [1.807, 2.05) is 6.07 Å². The van der Waals surface area contributed by atoms with Crippen LogP contribution in [0.3, 0.4) is 0 Å². The molecule has 0 unspecified atom stereocenters. The van der Waals surface area contributed by atoms with E-state index >= 15 is 0 Å². The van der Waals surface area contributed by atoms with Crippen molar-refractivity contribution >= 4 is 29.2 Å². The summed E-state index contributed by atoms with van der Waals surface area (Å²) in [6.45, 7) is 2.40. The predicted molar refractivity (Wildman–Crippen MR) is 96.9 cm³/mol. The first-order valence-corrected chi connectivity index (χ1v) is 8.20. The first-order chi connectivity index (χ1) is 12.7. The molecule has 0 fully saturated rings. The van der Waals surface area contributed by atoms with Gasteiger partial charge in [0, 0.05) is 5.69 Å². The number of rotatable bonds is 6. The van der Waals surface area contributed by atoms with Gasteiger partial charge in [0.25, 0.3) is 5.91 Å². The number of nitrogens with one attached hydrogen (secondary N) is 1. The maximum atomic E-state index is 12.9. The average Bonchev–Trinajstić information content (AvgIpc) is 2.61. The van der Waals surface area contributed by atoms with Crippen LogP contribution >= 0.6 is 11.6 Å². The van der Waals surface area contributed by atoms with Gasteiger partial charge in [0.05, 0.1) is 10.6 Å². The van der Waals surface area contributed by atoms with Crippen LogP contribution in [0, 0.1) is 17.1 Å². The molecule has 1 N–H and O–H groups in total. The summed E-state index contributed by atoms with van der Waals surface area (Å²) in [5.41, 5.74) is -0.738. The summed E-state index contributed by atoms with van der Waals surface area (Å²) in [4.78, 5) is 24.1.